The number of rotatable bonds is 6. The minimum Gasteiger partial charge on any atom is -0.322 e. The number of carbonyl (C=O) groups excluding carboxylic acids is 1. The average Bonchev–Trinajstić information content (AvgIpc) is 3.31. The van der Waals surface area contributed by atoms with Gasteiger partial charge in [-0.25, -0.2) is 17.4 Å². The van der Waals surface area contributed by atoms with Gasteiger partial charge < -0.3 is 5.32 Å². The molecule has 12 heteroatoms. The molecule has 0 atom stereocenters. The summed E-state index contributed by atoms with van der Waals surface area (Å²) in [5.74, 6) is -0.519. The van der Waals surface area contributed by atoms with E-state index in [1.54, 1.807) is 37.3 Å². The molecule has 4 rings (SSSR count). The van der Waals surface area contributed by atoms with Crippen LogP contribution in [0, 0.1) is 6.92 Å². The molecular weight excluding hydrogens is 541 g/mol. The summed E-state index contributed by atoms with van der Waals surface area (Å²) < 4.78 is 67.5. The molecule has 0 unspecified atom stereocenters. The highest BCUT2D eigenvalue weighted by molar-refractivity contribution is 7.89. The minimum absolute atomic E-state index is 0.0204. The first kappa shape index (κ1) is 27.4. The summed E-state index contributed by atoms with van der Waals surface area (Å²) in [5, 5.41) is 6.65. The molecule has 0 aliphatic rings. The Balaban J connectivity index is 1.66. The monoisotopic (exact) mass is 562 g/mol. The van der Waals surface area contributed by atoms with Crippen molar-refractivity contribution < 1.29 is 26.4 Å². The Hall–Kier alpha value is -3.67. The van der Waals surface area contributed by atoms with Gasteiger partial charge in [0.15, 0.2) is 5.69 Å². The van der Waals surface area contributed by atoms with Gasteiger partial charge in [0.2, 0.25) is 10.0 Å². The number of aromatic nitrogens is 2. The average molecular weight is 563 g/mol. The zero-order valence-corrected chi connectivity index (χ0v) is 22.0. The van der Waals surface area contributed by atoms with Crippen LogP contribution in [-0.4, -0.2) is 42.5 Å². The summed E-state index contributed by atoms with van der Waals surface area (Å²) >= 11 is 6.22. The number of nitrogens with one attached hydrogen (secondary N) is 1. The predicted octanol–water partition coefficient (Wildman–Crippen LogP) is 6.02. The van der Waals surface area contributed by atoms with Crippen molar-refractivity contribution >= 4 is 33.2 Å². The van der Waals surface area contributed by atoms with Crippen LogP contribution in [0.3, 0.4) is 0 Å². The minimum atomic E-state index is -4.67. The highest BCUT2D eigenvalue weighted by Crippen LogP contribution is 2.34. The van der Waals surface area contributed by atoms with E-state index >= 15 is 0 Å². The Morgan fingerprint density at radius 1 is 1.00 bits per heavy atom. The molecule has 0 spiro atoms. The lowest BCUT2D eigenvalue weighted by molar-refractivity contribution is -0.141. The van der Waals surface area contributed by atoms with Crippen LogP contribution in [-0.2, 0) is 16.2 Å². The quantitative estimate of drug-likeness (QED) is 0.311. The maximum atomic E-state index is 13.5. The van der Waals surface area contributed by atoms with E-state index in [1.807, 2.05) is 0 Å². The number of amides is 1. The van der Waals surface area contributed by atoms with Crippen LogP contribution in [0.15, 0.2) is 77.7 Å². The smallest absolute Gasteiger partial charge is 0.322 e. The van der Waals surface area contributed by atoms with E-state index in [9.17, 15) is 26.4 Å². The largest absolute Gasteiger partial charge is 0.435 e. The van der Waals surface area contributed by atoms with Crippen molar-refractivity contribution in [3.05, 3.63) is 94.6 Å². The van der Waals surface area contributed by atoms with Crippen molar-refractivity contribution in [3.8, 4) is 16.9 Å². The maximum absolute atomic E-state index is 13.5. The molecule has 38 heavy (non-hydrogen) atoms. The summed E-state index contributed by atoms with van der Waals surface area (Å²) in [4.78, 5) is 12.9. The number of sulfonamides is 1. The fraction of sp³-hybridized carbons (Fsp3) is 0.154. The second-order valence-electron chi connectivity index (χ2n) is 8.57. The molecule has 0 saturated carbocycles. The third-order valence-corrected chi connectivity index (χ3v) is 7.89. The Morgan fingerprint density at radius 3 is 2.26 bits per heavy atom. The standard InChI is InChI=1S/C26H22ClF3N4O3S/c1-16-8-13-19(38(36,37)33(2)3)14-21(16)31-25(35)18-11-9-17(10-12-18)23-15-24(26(28,29)30)32-34(23)22-7-5-4-6-20(22)27/h4-15H,1-3H3,(H,31,35). The molecule has 0 saturated heterocycles. The van der Waals surface area contributed by atoms with Crippen LogP contribution in [0.25, 0.3) is 16.9 Å². The van der Waals surface area contributed by atoms with Gasteiger partial charge in [-0.05, 0) is 55.0 Å². The molecular formula is C26H22ClF3N4O3S. The van der Waals surface area contributed by atoms with Crippen molar-refractivity contribution in [1.29, 1.82) is 0 Å². The number of benzene rings is 3. The summed E-state index contributed by atoms with van der Waals surface area (Å²) in [6, 6.07) is 17.6. The van der Waals surface area contributed by atoms with Crippen molar-refractivity contribution in [2.75, 3.05) is 19.4 Å². The van der Waals surface area contributed by atoms with E-state index in [-0.39, 0.29) is 26.9 Å². The first-order chi connectivity index (χ1) is 17.8. The van der Waals surface area contributed by atoms with E-state index in [0.717, 1.165) is 15.1 Å². The topological polar surface area (TPSA) is 84.3 Å². The fourth-order valence-electron chi connectivity index (χ4n) is 3.63. The van der Waals surface area contributed by atoms with E-state index in [2.05, 4.69) is 10.4 Å². The van der Waals surface area contributed by atoms with Crippen LogP contribution in [0.4, 0.5) is 18.9 Å². The Morgan fingerprint density at radius 2 is 1.66 bits per heavy atom. The predicted molar refractivity (Wildman–Crippen MR) is 139 cm³/mol. The Kier molecular flexibility index (Phi) is 7.37. The van der Waals surface area contributed by atoms with E-state index < -0.39 is 27.8 Å². The molecule has 1 heterocycles. The molecule has 0 fully saturated rings. The van der Waals surface area contributed by atoms with Crippen LogP contribution >= 0.6 is 11.6 Å². The Labute approximate surface area is 222 Å². The van der Waals surface area contributed by atoms with Gasteiger partial charge in [0, 0.05) is 30.9 Å². The molecule has 0 radical (unpaired) electrons. The zero-order chi connectivity index (χ0) is 27.8. The van der Waals surface area contributed by atoms with Crippen LogP contribution in [0.2, 0.25) is 5.02 Å². The van der Waals surface area contributed by atoms with Crippen molar-refractivity contribution in [2.24, 2.45) is 0 Å². The molecule has 1 amide bonds. The zero-order valence-electron chi connectivity index (χ0n) is 20.4. The first-order valence-electron chi connectivity index (χ1n) is 11.2. The number of nitrogens with zero attached hydrogens (tertiary/aromatic N) is 3. The lowest BCUT2D eigenvalue weighted by atomic mass is 10.1. The number of halogens is 4. The number of carbonyl (C=O) groups is 1. The van der Waals surface area contributed by atoms with Gasteiger partial charge >= 0.3 is 6.18 Å². The van der Waals surface area contributed by atoms with Gasteiger partial charge in [0.25, 0.3) is 5.91 Å². The molecule has 198 valence electrons. The van der Waals surface area contributed by atoms with E-state index in [0.29, 0.717) is 16.8 Å². The third kappa shape index (κ3) is 5.45. The van der Waals surface area contributed by atoms with Gasteiger partial charge in [-0.1, -0.05) is 41.9 Å². The second kappa shape index (κ2) is 10.2. The first-order valence-corrected chi connectivity index (χ1v) is 13.0. The summed E-state index contributed by atoms with van der Waals surface area (Å²) in [7, 11) is -0.893. The summed E-state index contributed by atoms with van der Waals surface area (Å²) in [6.45, 7) is 1.72. The normalized spacial score (nSPS) is 12.1. The number of hydrogen-bond donors (Lipinski definition) is 1. The van der Waals surface area contributed by atoms with E-state index in [4.69, 9.17) is 11.6 Å². The van der Waals surface area contributed by atoms with E-state index in [1.165, 1.54) is 50.5 Å². The molecule has 1 N–H and O–H groups in total. The number of hydrogen-bond acceptors (Lipinski definition) is 4. The molecule has 0 bridgehead atoms. The van der Waals surface area contributed by atoms with Gasteiger partial charge in [-0.2, -0.15) is 18.3 Å². The van der Waals surface area contributed by atoms with Gasteiger partial charge in [0.1, 0.15) is 0 Å². The van der Waals surface area contributed by atoms with Crippen molar-refractivity contribution in [2.45, 2.75) is 18.0 Å². The number of anilines is 1. The van der Waals surface area contributed by atoms with Crippen LogP contribution < -0.4 is 5.32 Å². The van der Waals surface area contributed by atoms with Gasteiger partial charge in [-0.15, -0.1) is 0 Å². The number of aryl methyl sites for hydroxylation is 1. The molecule has 1 aromatic heterocycles. The lowest BCUT2D eigenvalue weighted by Gasteiger charge is -2.14. The molecule has 3 aromatic carbocycles. The highest BCUT2D eigenvalue weighted by atomic mass is 35.5. The van der Waals surface area contributed by atoms with Crippen LogP contribution in [0.1, 0.15) is 21.6 Å². The molecule has 7 nitrogen and oxygen atoms in total. The van der Waals surface area contributed by atoms with Crippen molar-refractivity contribution in [1.82, 2.24) is 14.1 Å². The molecule has 0 aliphatic heterocycles. The van der Waals surface area contributed by atoms with Gasteiger partial charge in [0.05, 0.1) is 21.3 Å². The number of para-hydroxylation sites is 1. The SMILES string of the molecule is Cc1ccc(S(=O)(=O)N(C)C)cc1NC(=O)c1ccc(-c2cc(C(F)(F)F)nn2-c2ccccc2Cl)cc1. The van der Waals surface area contributed by atoms with Gasteiger partial charge in [-0.3, -0.25) is 4.79 Å². The molecule has 4 aromatic rings. The second-order valence-corrected chi connectivity index (χ2v) is 11.1. The number of alkyl halides is 3. The Bertz CT molecular complexity index is 1620. The van der Waals surface area contributed by atoms with Crippen LogP contribution in [0.5, 0.6) is 0 Å². The maximum Gasteiger partial charge on any atom is 0.435 e. The van der Waals surface area contributed by atoms with Crippen molar-refractivity contribution in [3.63, 3.8) is 0 Å². The highest BCUT2D eigenvalue weighted by Gasteiger charge is 2.35. The summed E-state index contributed by atoms with van der Waals surface area (Å²) in [5.41, 5.74) is 0.870. The third-order valence-electron chi connectivity index (χ3n) is 5.76. The lowest BCUT2D eigenvalue weighted by Crippen LogP contribution is -2.22. The fourth-order valence-corrected chi connectivity index (χ4v) is 4.77. The summed E-state index contributed by atoms with van der Waals surface area (Å²) in [6.07, 6.45) is -4.67. The molecule has 0 aliphatic carbocycles.